The van der Waals surface area contributed by atoms with Crippen molar-refractivity contribution < 1.29 is 9.59 Å². The quantitative estimate of drug-likeness (QED) is 0.639. The van der Waals surface area contributed by atoms with Crippen molar-refractivity contribution in [3.8, 4) is 0 Å². The molecule has 0 saturated heterocycles. The van der Waals surface area contributed by atoms with Gasteiger partial charge in [-0.1, -0.05) is 49.8 Å². The number of allylic oxidation sites excluding steroid dienone is 1. The molecule has 6 atom stereocenters. The number of carbonyl (C=O) groups is 2. The normalized spacial score (nSPS) is 41.4. The Morgan fingerprint density at radius 1 is 0.931 bits per heavy atom. The predicted octanol–water partition coefficient (Wildman–Crippen LogP) is 5.95. The van der Waals surface area contributed by atoms with Gasteiger partial charge in [0.15, 0.2) is 5.78 Å². The first kappa shape index (κ1) is 19.3. The minimum Gasteiger partial charge on any atom is -0.299 e. The average Bonchev–Trinajstić information content (AvgIpc) is 3.03. The lowest BCUT2D eigenvalue weighted by Crippen LogP contribution is -2.52. The second-order valence-corrected chi connectivity index (χ2v) is 10.7. The molecule has 0 spiro atoms. The summed E-state index contributed by atoms with van der Waals surface area (Å²) in [6.45, 7) is 4.72. The van der Waals surface area contributed by atoms with Crippen LogP contribution in [0.4, 0.5) is 0 Å². The van der Waals surface area contributed by atoms with E-state index in [-0.39, 0.29) is 10.8 Å². The smallest absolute Gasteiger partial charge is 0.155 e. The zero-order valence-corrected chi connectivity index (χ0v) is 18.0. The molecule has 0 heterocycles. The van der Waals surface area contributed by atoms with Gasteiger partial charge in [0, 0.05) is 18.3 Å². The third-order valence-corrected chi connectivity index (χ3v) is 9.45. The van der Waals surface area contributed by atoms with E-state index in [0.29, 0.717) is 41.7 Å². The fourth-order valence-electron chi connectivity index (χ4n) is 7.81. The highest BCUT2D eigenvalue weighted by atomic mass is 16.1. The van der Waals surface area contributed by atoms with E-state index in [1.807, 2.05) is 6.08 Å². The fourth-order valence-corrected chi connectivity index (χ4v) is 7.81. The van der Waals surface area contributed by atoms with Gasteiger partial charge in [-0.15, -0.1) is 0 Å². The number of hydrogen-bond donors (Lipinski definition) is 0. The molecule has 0 unspecified atom stereocenters. The Bertz CT molecular complexity index is 853. The van der Waals surface area contributed by atoms with E-state index in [2.05, 4.69) is 44.2 Å². The fraction of sp³-hybridized carbons (Fsp3) is 0.630. The third kappa shape index (κ3) is 2.97. The van der Waals surface area contributed by atoms with Crippen molar-refractivity contribution in [1.82, 2.24) is 0 Å². The van der Waals surface area contributed by atoms with E-state index in [1.165, 1.54) is 17.6 Å². The van der Waals surface area contributed by atoms with E-state index >= 15 is 0 Å². The highest BCUT2D eigenvalue weighted by molar-refractivity contribution is 5.92. The highest BCUT2D eigenvalue weighted by Gasteiger charge is 2.60. The standard InChI is InChI=1S/C27H34O2/c1-26-14-12-20(28)17-24(26)19(9-8-18-6-4-3-5-7-18)16-21-22-10-11-25(29)27(22,2)15-13-23(21)26/h3-7,17,19,21-23H,8-16H2,1-2H3/t19-,21-,22-,23-,26+,27-/m0/s1. The average molecular weight is 391 g/mol. The first-order chi connectivity index (χ1) is 13.9. The molecule has 0 N–H and O–H groups in total. The maximum atomic E-state index is 12.7. The molecule has 3 saturated carbocycles. The molecule has 0 radical (unpaired) electrons. The molecule has 154 valence electrons. The van der Waals surface area contributed by atoms with Gasteiger partial charge < -0.3 is 0 Å². The van der Waals surface area contributed by atoms with Crippen LogP contribution in [0.3, 0.4) is 0 Å². The number of fused-ring (bicyclic) bond motifs is 5. The van der Waals surface area contributed by atoms with Gasteiger partial charge in [0.25, 0.3) is 0 Å². The van der Waals surface area contributed by atoms with Crippen LogP contribution >= 0.6 is 0 Å². The lowest BCUT2D eigenvalue weighted by Gasteiger charge is -2.59. The minimum absolute atomic E-state index is 0.0762. The van der Waals surface area contributed by atoms with Crippen molar-refractivity contribution >= 4 is 11.6 Å². The summed E-state index contributed by atoms with van der Waals surface area (Å²) in [6.07, 6.45) is 11.2. The summed E-state index contributed by atoms with van der Waals surface area (Å²) in [5.41, 5.74) is 2.93. The van der Waals surface area contributed by atoms with Crippen molar-refractivity contribution in [2.24, 2.45) is 34.5 Å². The van der Waals surface area contributed by atoms with Gasteiger partial charge in [-0.25, -0.2) is 0 Å². The Balaban J connectivity index is 1.48. The van der Waals surface area contributed by atoms with Gasteiger partial charge in [0.2, 0.25) is 0 Å². The summed E-state index contributed by atoms with van der Waals surface area (Å²) in [5.74, 6) is 3.20. The summed E-state index contributed by atoms with van der Waals surface area (Å²) in [6, 6.07) is 10.8. The Morgan fingerprint density at radius 3 is 2.48 bits per heavy atom. The lowest BCUT2D eigenvalue weighted by molar-refractivity contribution is -0.133. The van der Waals surface area contributed by atoms with Crippen LogP contribution in [0.1, 0.15) is 70.8 Å². The first-order valence-corrected chi connectivity index (χ1v) is 11.7. The summed E-state index contributed by atoms with van der Waals surface area (Å²) in [7, 11) is 0. The topological polar surface area (TPSA) is 34.1 Å². The molecule has 1 aromatic rings. The summed E-state index contributed by atoms with van der Waals surface area (Å²) >= 11 is 0. The molecular weight excluding hydrogens is 356 g/mol. The monoisotopic (exact) mass is 390 g/mol. The Labute approximate surface area is 175 Å². The molecule has 5 rings (SSSR count). The predicted molar refractivity (Wildman–Crippen MR) is 115 cm³/mol. The van der Waals surface area contributed by atoms with E-state index in [9.17, 15) is 9.59 Å². The molecule has 4 aliphatic rings. The second kappa shape index (κ2) is 6.93. The van der Waals surface area contributed by atoms with Gasteiger partial charge in [-0.3, -0.25) is 9.59 Å². The van der Waals surface area contributed by atoms with Crippen LogP contribution in [0.15, 0.2) is 42.0 Å². The zero-order valence-electron chi connectivity index (χ0n) is 18.0. The summed E-state index contributed by atoms with van der Waals surface area (Å²) < 4.78 is 0. The van der Waals surface area contributed by atoms with Gasteiger partial charge in [-0.2, -0.15) is 0 Å². The Morgan fingerprint density at radius 2 is 1.69 bits per heavy atom. The van der Waals surface area contributed by atoms with Crippen LogP contribution in [0.5, 0.6) is 0 Å². The van der Waals surface area contributed by atoms with Gasteiger partial charge in [-0.05, 0) is 85.7 Å². The number of ketones is 2. The van der Waals surface area contributed by atoms with E-state index in [0.717, 1.165) is 44.9 Å². The lowest BCUT2D eigenvalue weighted by atomic mass is 9.45. The van der Waals surface area contributed by atoms with E-state index < -0.39 is 0 Å². The summed E-state index contributed by atoms with van der Waals surface area (Å²) in [5, 5.41) is 0. The number of hydrogen-bond acceptors (Lipinski definition) is 2. The zero-order chi connectivity index (χ0) is 20.2. The highest BCUT2D eigenvalue weighted by Crippen LogP contribution is 2.65. The van der Waals surface area contributed by atoms with E-state index in [1.54, 1.807) is 0 Å². The van der Waals surface area contributed by atoms with Crippen LogP contribution in [-0.4, -0.2) is 11.6 Å². The van der Waals surface area contributed by atoms with Crippen LogP contribution in [-0.2, 0) is 16.0 Å². The number of Topliss-reactive ketones (excluding diaryl/α,β-unsaturated/α-hetero) is 1. The first-order valence-electron chi connectivity index (χ1n) is 11.7. The number of benzene rings is 1. The molecule has 2 nitrogen and oxygen atoms in total. The third-order valence-electron chi connectivity index (χ3n) is 9.45. The van der Waals surface area contributed by atoms with Gasteiger partial charge >= 0.3 is 0 Å². The van der Waals surface area contributed by atoms with Crippen LogP contribution < -0.4 is 0 Å². The number of rotatable bonds is 3. The molecule has 2 heteroatoms. The molecule has 1 aromatic carbocycles. The summed E-state index contributed by atoms with van der Waals surface area (Å²) in [4.78, 5) is 25.1. The maximum absolute atomic E-state index is 12.7. The van der Waals surface area contributed by atoms with Crippen molar-refractivity contribution in [1.29, 1.82) is 0 Å². The molecule has 4 aliphatic carbocycles. The number of aryl methyl sites for hydroxylation is 1. The van der Waals surface area contributed by atoms with Crippen molar-refractivity contribution in [3.05, 3.63) is 47.5 Å². The largest absolute Gasteiger partial charge is 0.299 e. The van der Waals surface area contributed by atoms with Crippen LogP contribution in [0.2, 0.25) is 0 Å². The van der Waals surface area contributed by atoms with Crippen LogP contribution in [0, 0.1) is 34.5 Å². The molecule has 0 aliphatic heterocycles. The second-order valence-electron chi connectivity index (χ2n) is 10.7. The Kier molecular flexibility index (Phi) is 4.60. The van der Waals surface area contributed by atoms with Crippen LogP contribution in [0.25, 0.3) is 0 Å². The molecule has 0 amide bonds. The maximum Gasteiger partial charge on any atom is 0.155 e. The SMILES string of the molecule is C[C@]12CCC(=O)C=C1[C@@H](CCc1ccccc1)C[C@@H]1[C@@H]2CC[C@]2(C)C(=O)CC[C@@H]12. The molecule has 0 bridgehead atoms. The molecule has 0 aromatic heterocycles. The van der Waals surface area contributed by atoms with Gasteiger partial charge in [0.05, 0.1) is 0 Å². The van der Waals surface area contributed by atoms with Gasteiger partial charge in [0.1, 0.15) is 5.78 Å². The minimum atomic E-state index is -0.0762. The van der Waals surface area contributed by atoms with Crippen molar-refractivity contribution in [3.63, 3.8) is 0 Å². The van der Waals surface area contributed by atoms with Crippen molar-refractivity contribution in [2.45, 2.75) is 71.6 Å². The molecule has 3 fully saturated rings. The van der Waals surface area contributed by atoms with E-state index in [4.69, 9.17) is 0 Å². The number of carbonyl (C=O) groups excluding carboxylic acids is 2. The molecular formula is C27H34O2. The Hall–Kier alpha value is -1.70. The molecule has 29 heavy (non-hydrogen) atoms. The van der Waals surface area contributed by atoms with Crippen molar-refractivity contribution in [2.75, 3.05) is 0 Å².